The van der Waals surface area contributed by atoms with Crippen molar-refractivity contribution in [3.8, 4) is 0 Å². The summed E-state index contributed by atoms with van der Waals surface area (Å²) in [4.78, 5) is 7.60. The molecule has 0 spiro atoms. The second-order valence-corrected chi connectivity index (χ2v) is 2.13. The molecule has 1 heterocycles. The first kappa shape index (κ1) is 8.59. The second-order valence-electron chi connectivity index (χ2n) is 2.13. The average Bonchev–Trinajstić information content (AvgIpc) is 2.08. The van der Waals surface area contributed by atoms with Crippen LogP contribution in [0.5, 0.6) is 0 Å². The Labute approximate surface area is 70.5 Å². The van der Waals surface area contributed by atoms with Crippen LogP contribution in [0.4, 0.5) is 10.1 Å². The number of halogens is 1. The van der Waals surface area contributed by atoms with Crippen LogP contribution in [-0.4, -0.2) is 11.2 Å². The van der Waals surface area contributed by atoms with Gasteiger partial charge in [-0.25, -0.2) is 4.98 Å². The van der Waals surface area contributed by atoms with Gasteiger partial charge in [0.05, 0.1) is 11.4 Å². The highest BCUT2D eigenvalue weighted by molar-refractivity contribution is 5.66. The number of hydrogen-bond acceptors (Lipinski definition) is 2. The van der Waals surface area contributed by atoms with Crippen LogP contribution in [0.3, 0.4) is 0 Å². The molecule has 2 nitrogen and oxygen atoms in total. The lowest BCUT2D eigenvalue weighted by molar-refractivity contribution is 0.583. The Kier molecular flexibility index (Phi) is 2.69. The number of aliphatic imine (C=N–C) groups is 1. The van der Waals surface area contributed by atoms with E-state index in [4.69, 9.17) is 0 Å². The Hall–Kier alpha value is -1.51. The van der Waals surface area contributed by atoms with Gasteiger partial charge in [-0.05, 0) is 25.1 Å². The van der Waals surface area contributed by atoms with Crippen LogP contribution in [0.2, 0.25) is 0 Å². The van der Waals surface area contributed by atoms with Crippen LogP contribution in [-0.2, 0) is 0 Å². The lowest BCUT2D eigenvalue weighted by atomic mass is 10.3. The van der Waals surface area contributed by atoms with Crippen LogP contribution in [0.25, 0.3) is 6.08 Å². The molecule has 0 radical (unpaired) electrons. The molecule has 1 rings (SSSR count). The first-order valence-electron chi connectivity index (χ1n) is 3.55. The van der Waals surface area contributed by atoms with Crippen LogP contribution in [0, 0.1) is 5.95 Å². The number of nitrogens with zero attached hydrogens (tertiary/aromatic N) is 2. The molecule has 0 N–H and O–H groups in total. The van der Waals surface area contributed by atoms with E-state index in [1.165, 1.54) is 12.1 Å². The minimum atomic E-state index is -0.514. The highest BCUT2D eigenvalue weighted by atomic mass is 19.1. The summed E-state index contributed by atoms with van der Waals surface area (Å²) < 4.78 is 12.6. The molecule has 62 valence electrons. The molecule has 0 aliphatic heterocycles. The molecule has 12 heavy (non-hydrogen) atoms. The normalized spacial score (nSPS) is 10.5. The zero-order chi connectivity index (χ0) is 8.97. The molecule has 0 amide bonds. The topological polar surface area (TPSA) is 25.2 Å². The van der Waals surface area contributed by atoms with E-state index in [2.05, 4.69) is 16.6 Å². The van der Waals surface area contributed by atoms with E-state index in [0.717, 1.165) is 0 Å². The Morgan fingerprint density at radius 1 is 1.58 bits per heavy atom. The molecule has 0 saturated carbocycles. The predicted molar refractivity (Wildman–Crippen MR) is 48.1 cm³/mol. The maximum atomic E-state index is 12.6. The maximum absolute atomic E-state index is 12.6. The summed E-state index contributed by atoms with van der Waals surface area (Å²) in [5.41, 5.74) is 1.10. The summed E-state index contributed by atoms with van der Waals surface area (Å²) in [6.07, 6.45) is 3.10. The minimum absolute atomic E-state index is 0.466. The van der Waals surface area contributed by atoms with E-state index in [9.17, 15) is 4.39 Å². The number of pyridine rings is 1. The standard InChI is InChI=1S/C9H9FN2/c1-3-7-8(11-4-2)5-6-9(10)12-7/h3-6H,1H2,2H3/b11-4-. The lowest BCUT2D eigenvalue weighted by Gasteiger charge is -1.97. The summed E-state index contributed by atoms with van der Waals surface area (Å²) in [7, 11) is 0. The van der Waals surface area contributed by atoms with Crippen molar-refractivity contribution in [3.05, 3.63) is 30.4 Å². The fourth-order valence-electron chi connectivity index (χ4n) is 0.841. The SMILES string of the molecule is C=Cc1nc(F)ccc1/N=C\C. The van der Waals surface area contributed by atoms with Gasteiger partial charge in [-0.1, -0.05) is 6.58 Å². The summed E-state index contributed by atoms with van der Waals surface area (Å²) in [5.74, 6) is -0.514. The molecule has 0 aliphatic carbocycles. The molecule has 0 unspecified atom stereocenters. The Morgan fingerprint density at radius 3 is 2.92 bits per heavy atom. The smallest absolute Gasteiger partial charge is 0.213 e. The van der Waals surface area contributed by atoms with Gasteiger partial charge in [0.15, 0.2) is 0 Å². The van der Waals surface area contributed by atoms with Crippen molar-refractivity contribution in [3.63, 3.8) is 0 Å². The molecule has 3 heteroatoms. The Bertz CT molecular complexity index is 318. The van der Waals surface area contributed by atoms with Crippen LogP contribution in [0.1, 0.15) is 12.6 Å². The molecule has 1 aromatic heterocycles. The maximum Gasteiger partial charge on any atom is 0.213 e. The molecular formula is C9H9FN2. The summed E-state index contributed by atoms with van der Waals surface area (Å²) in [6, 6.07) is 2.84. The fourth-order valence-corrected chi connectivity index (χ4v) is 0.841. The van der Waals surface area contributed by atoms with Gasteiger partial charge >= 0.3 is 0 Å². The zero-order valence-corrected chi connectivity index (χ0v) is 6.79. The van der Waals surface area contributed by atoms with E-state index in [0.29, 0.717) is 11.4 Å². The second kappa shape index (κ2) is 3.76. The molecule has 0 saturated heterocycles. The quantitative estimate of drug-likeness (QED) is 0.487. The van der Waals surface area contributed by atoms with Gasteiger partial charge in [0, 0.05) is 6.21 Å². The lowest BCUT2D eigenvalue weighted by Crippen LogP contribution is -1.86. The third-order valence-electron chi connectivity index (χ3n) is 1.33. The largest absolute Gasteiger partial charge is 0.259 e. The first-order valence-corrected chi connectivity index (χ1v) is 3.55. The van der Waals surface area contributed by atoms with Crippen molar-refractivity contribution >= 4 is 18.0 Å². The van der Waals surface area contributed by atoms with Gasteiger partial charge in [0.1, 0.15) is 0 Å². The van der Waals surface area contributed by atoms with Crippen LogP contribution < -0.4 is 0 Å². The van der Waals surface area contributed by atoms with Gasteiger partial charge in [-0.15, -0.1) is 0 Å². The van der Waals surface area contributed by atoms with Crippen LogP contribution in [0.15, 0.2) is 23.7 Å². The van der Waals surface area contributed by atoms with Gasteiger partial charge < -0.3 is 0 Å². The van der Waals surface area contributed by atoms with Gasteiger partial charge in [0.2, 0.25) is 5.95 Å². The highest BCUT2D eigenvalue weighted by Crippen LogP contribution is 2.17. The number of rotatable bonds is 2. The Morgan fingerprint density at radius 2 is 2.33 bits per heavy atom. The third kappa shape index (κ3) is 1.75. The molecule has 0 fully saturated rings. The van der Waals surface area contributed by atoms with E-state index >= 15 is 0 Å². The number of hydrogen-bond donors (Lipinski definition) is 0. The summed E-state index contributed by atoms with van der Waals surface area (Å²) in [6.45, 7) is 5.30. The first-order chi connectivity index (χ1) is 5.77. The fraction of sp³-hybridized carbons (Fsp3) is 0.111. The molecule has 0 bridgehead atoms. The monoisotopic (exact) mass is 164 g/mol. The van der Waals surface area contributed by atoms with E-state index < -0.39 is 5.95 Å². The van der Waals surface area contributed by atoms with E-state index in [1.807, 2.05) is 0 Å². The zero-order valence-electron chi connectivity index (χ0n) is 6.79. The molecule has 1 aromatic rings. The van der Waals surface area contributed by atoms with Gasteiger partial charge in [0.25, 0.3) is 0 Å². The highest BCUT2D eigenvalue weighted by Gasteiger charge is 1.99. The molecular weight excluding hydrogens is 155 g/mol. The predicted octanol–water partition coefficient (Wildman–Crippen LogP) is 2.59. The summed E-state index contributed by atoms with van der Waals surface area (Å²) >= 11 is 0. The van der Waals surface area contributed by atoms with Gasteiger partial charge in [-0.3, -0.25) is 4.99 Å². The minimum Gasteiger partial charge on any atom is -0.259 e. The van der Waals surface area contributed by atoms with Crippen molar-refractivity contribution in [1.29, 1.82) is 0 Å². The Balaban J connectivity index is 3.19. The molecule has 0 aromatic carbocycles. The van der Waals surface area contributed by atoms with Crippen molar-refractivity contribution in [2.45, 2.75) is 6.92 Å². The van der Waals surface area contributed by atoms with Crippen molar-refractivity contribution in [2.75, 3.05) is 0 Å². The van der Waals surface area contributed by atoms with Crippen LogP contribution >= 0.6 is 0 Å². The van der Waals surface area contributed by atoms with Crippen molar-refractivity contribution < 1.29 is 4.39 Å². The van der Waals surface area contributed by atoms with E-state index in [1.54, 1.807) is 19.2 Å². The molecule has 0 atom stereocenters. The van der Waals surface area contributed by atoms with Crippen molar-refractivity contribution in [2.24, 2.45) is 4.99 Å². The average molecular weight is 164 g/mol. The number of aromatic nitrogens is 1. The summed E-state index contributed by atoms with van der Waals surface area (Å²) in [5, 5.41) is 0. The third-order valence-corrected chi connectivity index (χ3v) is 1.33. The van der Waals surface area contributed by atoms with Gasteiger partial charge in [-0.2, -0.15) is 4.39 Å². The molecule has 0 aliphatic rings. The van der Waals surface area contributed by atoms with Crippen molar-refractivity contribution in [1.82, 2.24) is 4.98 Å². The van der Waals surface area contributed by atoms with E-state index in [-0.39, 0.29) is 0 Å².